The predicted octanol–water partition coefficient (Wildman–Crippen LogP) is 3.16. The van der Waals surface area contributed by atoms with Crippen molar-refractivity contribution in [3.8, 4) is 0 Å². The highest BCUT2D eigenvalue weighted by Gasteiger charge is 2.27. The first-order valence-corrected chi connectivity index (χ1v) is 8.20. The minimum absolute atomic E-state index is 0.282. The van der Waals surface area contributed by atoms with Gasteiger partial charge in [0.25, 0.3) is 0 Å². The summed E-state index contributed by atoms with van der Waals surface area (Å²) in [4.78, 5) is 11.9. The van der Waals surface area contributed by atoms with Crippen LogP contribution in [0.5, 0.6) is 0 Å². The fourth-order valence-corrected chi connectivity index (χ4v) is 4.33. The zero-order chi connectivity index (χ0) is 14.1. The van der Waals surface area contributed by atoms with Gasteiger partial charge in [0.15, 0.2) is 5.78 Å². The Hall–Kier alpha value is -1.26. The highest BCUT2D eigenvalue weighted by atomic mass is 32.2. The lowest BCUT2D eigenvalue weighted by atomic mass is 9.96. The summed E-state index contributed by atoms with van der Waals surface area (Å²) in [6.07, 6.45) is 1.72. The first-order chi connectivity index (χ1) is 9.76. The minimum atomic E-state index is 0.282. The van der Waals surface area contributed by atoms with Gasteiger partial charge in [-0.25, -0.2) is 0 Å². The molecule has 0 bridgehead atoms. The summed E-state index contributed by atoms with van der Waals surface area (Å²) in [5.41, 5.74) is 8.50. The number of carbonyl (C=O) groups excluding carboxylic acids is 1. The van der Waals surface area contributed by atoms with Crippen LogP contribution in [0.2, 0.25) is 0 Å². The number of hydrogen-bond donors (Lipinski definition) is 1. The summed E-state index contributed by atoms with van der Waals surface area (Å²) in [6.45, 7) is 3.09. The van der Waals surface area contributed by atoms with E-state index in [2.05, 4.69) is 22.8 Å². The molecule has 1 aromatic carbocycles. The average Bonchev–Trinajstić information content (AvgIpc) is 2.82. The average molecular weight is 288 g/mol. The third kappa shape index (κ3) is 2.17. The molecule has 0 fully saturated rings. The van der Waals surface area contributed by atoms with Crippen molar-refractivity contribution >= 4 is 28.4 Å². The molecular weight excluding hydrogens is 268 g/mol. The van der Waals surface area contributed by atoms with Gasteiger partial charge in [0.05, 0.1) is 11.6 Å². The Balaban J connectivity index is 2.21. The molecule has 2 N–H and O–H groups in total. The normalized spacial score (nSPS) is 18.2. The van der Waals surface area contributed by atoms with Gasteiger partial charge < -0.3 is 10.3 Å². The Morgan fingerprint density at radius 1 is 1.45 bits per heavy atom. The van der Waals surface area contributed by atoms with Crippen LogP contribution < -0.4 is 5.73 Å². The topological polar surface area (TPSA) is 48.0 Å². The standard InChI is InChI=1S/C16H20N2OS/c1-2-12(19)10-18-14-6-4-3-5-13(14)15-11(9-17)7-8-20-16(15)18/h3-6,11H,2,7-10,17H2,1H3. The maximum Gasteiger partial charge on any atom is 0.152 e. The minimum Gasteiger partial charge on any atom is -0.330 e. The molecule has 4 heteroatoms. The molecule has 2 heterocycles. The van der Waals surface area contributed by atoms with Crippen LogP contribution >= 0.6 is 11.8 Å². The van der Waals surface area contributed by atoms with Crippen molar-refractivity contribution in [2.45, 2.75) is 37.3 Å². The van der Waals surface area contributed by atoms with Crippen LogP contribution in [0.25, 0.3) is 10.9 Å². The molecule has 1 atom stereocenters. The van der Waals surface area contributed by atoms with Crippen molar-refractivity contribution in [2.24, 2.45) is 5.73 Å². The molecular formula is C16H20N2OS. The summed E-state index contributed by atoms with van der Waals surface area (Å²) in [5, 5.41) is 2.53. The van der Waals surface area contributed by atoms with E-state index in [1.165, 1.54) is 21.5 Å². The van der Waals surface area contributed by atoms with E-state index < -0.39 is 0 Å². The smallest absolute Gasteiger partial charge is 0.152 e. The number of Topliss-reactive ketones (excluding diaryl/α,β-unsaturated/α-hetero) is 1. The molecule has 20 heavy (non-hydrogen) atoms. The Kier molecular flexibility index (Phi) is 3.85. The number of para-hydroxylation sites is 1. The zero-order valence-corrected chi connectivity index (χ0v) is 12.6. The van der Waals surface area contributed by atoms with Crippen LogP contribution in [0, 0.1) is 0 Å². The number of carbonyl (C=O) groups is 1. The van der Waals surface area contributed by atoms with Gasteiger partial charge in [-0.05, 0) is 24.6 Å². The zero-order valence-electron chi connectivity index (χ0n) is 11.8. The van der Waals surface area contributed by atoms with Gasteiger partial charge in [0.1, 0.15) is 0 Å². The first kappa shape index (κ1) is 13.7. The molecule has 0 amide bonds. The number of benzene rings is 1. The molecule has 106 valence electrons. The van der Waals surface area contributed by atoms with E-state index in [-0.39, 0.29) is 5.78 Å². The molecule has 1 aromatic heterocycles. The van der Waals surface area contributed by atoms with Crippen LogP contribution in [-0.4, -0.2) is 22.6 Å². The number of rotatable bonds is 4. The van der Waals surface area contributed by atoms with Crippen LogP contribution in [0.3, 0.4) is 0 Å². The highest BCUT2D eigenvalue weighted by molar-refractivity contribution is 7.99. The second-order valence-electron chi connectivity index (χ2n) is 5.28. The van der Waals surface area contributed by atoms with Crippen molar-refractivity contribution < 1.29 is 4.79 Å². The monoisotopic (exact) mass is 288 g/mol. The highest BCUT2D eigenvalue weighted by Crippen LogP contribution is 2.43. The van der Waals surface area contributed by atoms with Crippen molar-refractivity contribution in [3.63, 3.8) is 0 Å². The molecule has 1 aliphatic heterocycles. The van der Waals surface area contributed by atoms with Gasteiger partial charge in [-0.1, -0.05) is 25.1 Å². The summed E-state index contributed by atoms with van der Waals surface area (Å²) < 4.78 is 2.20. The van der Waals surface area contributed by atoms with Gasteiger partial charge in [-0.2, -0.15) is 0 Å². The third-order valence-corrected chi connectivity index (χ3v) is 5.24. The van der Waals surface area contributed by atoms with Crippen molar-refractivity contribution in [1.29, 1.82) is 0 Å². The summed E-state index contributed by atoms with van der Waals surface area (Å²) in [5.74, 6) is 1.80. The van der Waals surface area contributed by atoms with Crippen molar-refractivity contribution in [2.75, 3.05) is 12.3 Å². The maximum atomic E-state index is 11.9. The Labute approximate surface area is 123 Å². The van der Waals surface area contributed by atoms with E-state index in [1.54, 1.807) is 0 Å². The lowest BCUT2D eigenvalue weighted by molar-refractivity contribution is -0.119. The number of aromatic nitrogens is 1. The molecule has 3 rings (SSSR count). The molecule has 0 saturated heterocycles. The molecule has 1 unspecified atom stereocenters. The number of thioether (sulfide) groups is 1. The van der Waals surface area contributed by atoms with E-state index in [0.717, 1.165) is 12.2 Å². The molecule has 3 nitrogen and oxygen atoms in total. The number of hydrogen-bond acceptors (Lipinski definition) is 3. The van der Waals surface area contributed by atoms with Gasteiger partial charge in [-0.3, -0.25) is 4.79 Å². The predicted molar refractivity (Wildman–Crippen MR) is 84.4 cm³/mol. The van der Waals surface area contributed by atoms with Gasteiger partial charge in [-0.15, -0.1) is 11.8 Å². The molecule has 0 spiro atoms. The summed E-state index contributed by atoms with van der Waals surface area (Å²) >= 11 is 1.87. The molecule has 0 aliphatic carbocycles. The van der Waals surface area contributed by atoms with Crippen molar-refractivity contribution in [1.82, 2.24) is 4.57 Å². The second kappa shape index (κ2) is 5.62. The van der Waals surface area contributed by atoms with Crippen LogP contribution in [0.4, 0.5) is 0 Å². The number of nitrogens with zero attached hydrogens (tertiary/aromatic N) is 1. The first-order valence-electron chi connectivity index (χ1n) is 7.22. The largest absolute Gasteiger partial charge is 0.330 e. The number of ketones is 1. The van der Waals surface area contributed by atoms with Crippen LogP contribution in [0.1, 0.15) is 31.2 Å². The SMILES string of the molecule is CCC(=O)Cn1c2c(c3ccccc31)C(CN)CCS2. The maximum absolute atomic E-state index is 11.9. The molecule has 1 aliphatic rings. The fourth-order valence-electron chi connectivity index (χ4n) is 2.98. The summed E-state index contributed by atoms with van der Waals surface area (Å²) in [7, 11) is 0. The van der Waals surface area contributed by atoms with Gasteiger partial charge >= 0.3 is 0 Å². The number of nitrogens with two attached hydrogens (primary N) is 1. The Morgan fingerprint density at radius 2 is 2.25 bits per heavy atom. The lowest BCUT2D eigenvalue weighted by Gasteiger charge is -2.22. The molecule has 0 saturated carbocycles. The number of fused-ring (bicyclic) bond motifs is 3. The fraction of sp³-hybridized carbons (Fsp3) is 0.438. The third-order valence-electron chi connectivity index (χ3n) is 4.09. The van der Waals surface area contributed by atoms with Gasteiger partial charge in [0, 0.05) is 29.0 Å². The van der Waals surface area contributed by atoms with E-state index in [4.69, 9.17) is 5.73 Å². The van der Waals surface area contributed by atoms with Crippen molar-refractivity contribution in [3.05, 3.63) is 29.8 Å². The lowest BCUT2D eigenvalue weighted by Crippen LogP contribution is -2.18. The van der Waals surface area contributed by atoms with Crippen LogP contribution in [0.15, 0.2) is 29.3 Å². The van der Waals surface area contributed by atoms with Gasteiger partial charge in [0.2, 0.25) is 0 Å². The second-order valence-corrected chi connectivity index (χ2v) is 6.37. The van der Waals surface area contributed by atoms with E-state index in [9.17, 15) is 4.79 Å². The van der Waals surface area contributed by atoms with Crippen LogP contribution in [-0.2, 0) is 11.3 Å². The molecule has 0 radical (unpaired) electrons. The van der Waals surface area contributed by atoms with E-state index in [0.29, 0.717) is 25.4 Å². The quantitative estimate of drug-likeness (QED) is 0.940. The van der Waals surface area contributed by atoms with E-state index in [1.807, 2.05) is 24.8 Å². The Bertz CT molecular complexity index is 647. The van der Waals surface area contributed by atoms with E-state index >= 15 is 0 Å². The Morgan fingerprint density at radius 3 is 3.00 bits per heavy atom. The summed E-state index contributed by atoms with van der Waals surface area (Å²) in [6, 6.07) is 8.39. The molecule has 2 aromatic rings.